The van der Waals surface area contributed by atoms with Crippen LogP contribution in [-0.2, 0) is 4.79 Å². The zero-order chi connectivity index (χ0) is 8.01. The average Bonchev–Trinajstić information content (AvgIpc) is 2.41. The number of carbonyl (C=O) groups is 1. The Hall–Kier alpha value is -0.570. The number of carboxylic acids is 1. The normalized spacial score (nSPS) is 48.1. The van der Waals surface area contributed by atoms with Crippen LogP contribution in [-0.4, -0.2) is 22.3 Å². The van der Waals surface area contributed by atoms with Gasteiger partial charge < -0.3 is 10.2 Å². The fraction of sp³-hybridized carbons (Fsp3) is 0.875. The van der Waals surface area contributed by atoms with Crippen LogP contribution in [0.1, 0.15) is 19.3 Å². The van der Waals surface area contributed by atoms with Crippen molar-refractivity contribution in [3.63, 3.8) is 0 Å². The van der Waals surface area contributed by atoms with E-state index in [9.17, 15) is 9.90 Å². The molecule has 0 aromatic carbocycles. The van der Waals surface area contributed by atoms with Gasteiger partial charge in [-0.3, -0.25) is 4.79 Å². The number of aliphatic carboxylic acids is 1. The van der Waals surface area contributed by atoms with E-state index in [4.69, 9.17) is 5.11 Å². The van der Waals surface area contributed by atoms with E-state index >= 15 is 0 Å². The van der Waals surface area contributed by atoms with Crippen molar-refractivity contribution in [2.45, 2.75) is 25.4 Å². The minimum atomic E-state index is -0.714. The van der Waals surface area contributed by atoms with Crippen molar-refractivity contribution in [2.75, 3.05) is 0 Å². The highest BCUT2D eigenvalue weighted by atomic mass is 16.4. The maximum Gasteiger partial charge on any atom is 0.307 e. The van der Waals surface area contributed by atoms with Gasteiger partial charge >= 0.3 is 5.97 Å². The minimum absolute atomic E-state index is 0.0532. The van der Waals surface area contributed by atoms with Crippen LogP contribution in [0.5, 0.6) is 0 Å². The number of carboxylic acid groups (broad SMARTS) is 1. The molecule has 0 saturated heterocycles. The summed E-state index contributed by atoms with van der Waals surface area (Å²) < 4.78 is 0. The highest BCUT2D eigenvalue weighted by Gasteiger charge is 2.50. The van der Waals surface area contributed by atoms with Crippen molar-refractivity contribution < 1.29 is 15.0 Å². The van der Waals surface area contributed by atoms with Crippen LogP contribution >= 0.6 is 0 Å². The van der Waals surface area contributed by atoms with Gasteiger partial charge in [0.05, 0.1) is 12.0 Å². The third-order valence-electron chi connectivity index (χ3n) is 3.16. The molecule has 3 nitrogen and oxygen atoms in total. The monoisotopic (exact) mass is 156 g/mol. The molecule has 2 rings (SSSR count). The Balaban J connectivity index is 2.19. The van der Waals surface area contributed by atoms with E-state index in [1.807, 2.05) is 0 Å². The fourth-order valence-electron chi connectivity index (χ4n) is 2.68. The second-order valence-electron chi connectivity index (χ2n) is 3.67. The number of hydrogen-bond acceptors (Lipinski definition) is 2. The molecule has 0 spiro atoms. The summed E-state index contributed by atoms with van der Waals surface area (Å²) in [7, 11) is 0. The van der Waals surface area contributed by atoms with Gasteiger partial charge in [-0.1, -0.05) is 0 Å². The van der Waals surface area contributed by atoms with Gasteiger partial charge in [-0.15, -0.1) is 0 Å². The molecule has 2 bridgehead atoms. The molecular formula is C8H12O3. The quantitative estimate of drug-likeness (QED) is 0.580. The highest BCUT2D eigenvalue weighted by Crippen LogP contribution is 2.49. The summed E-state index contributed by atoms with van der Waals surface area (Å²) in [6.45, 7) is 0. The second-order valence-corrected chi connectivity index (χ2v) is 3.67. The van der Waals surface area contributed by atoms with E-state index in [2.05, 4.69) is 0 Å². The molecule has 11 heavy (non-hydrogen) atoms. The SMILES string of the molecule is O=C(O)[C@@H]1[C@H]2CC[C@@H]1[C@@H](O)C2. The Bertz CT molecular complexity index is 190. The lowest BCUT2D eigenvalue weighted by Crippen LogP contribution is -2.22. The fourth-order valence-corrected chi connectivity index (χ4v) is 2.68. The van der Waals surface area contributed by atoms with Crippen molar-refractivity contribution in [2.24, 2.45) is 17.8 Å². The van der Waals surface area contributed by atoms with Crippen LogP contribution in [0.15, 0.2) is 0 Å². The summed E-state index contributed by atoms with van der Waals surface area (Å²) in [5.74, 6) is -0.649. The number of aliphatic hydroxyl groups is 1. The summed E-state index contributed by atoms with van der Waals surface area (Å²) in [5, 5.41) is 18.2. The maximum atomic E-state index is 10.7. The first kappa shape index (κ1) is 7.10. The van der Waals surface area contributed by atoms with Gasteiger partial charge in [-0.05, 0) is 31.1 Å². The topological polar surface area (TPSA) is 57.5 Å². The number of fused-ring (bicyclic) bond motifs is 2. The van der Waals surface area contributed by atoms with Gasteiger partial charge in [0, 0.05) is 0 Å². The van der Waals surface area contributed by atoms with Gasteiger partial charge in [-0.2, -0.15) is 0 Å². The summed E-state index contributed by atoms with van der Waals surface area (Å²) in [6.07, 6.45) is 2.28. The first-order chi connectivity index (χ1) is 5.20. The molecule has 3 heteroatoms. The van der Waals surface area contributed by atoms with Crippen molar-refractivity contribution in [1.82, 2.24) is 0 Å². The third kappa shape index (κ3) is 0.872. The van der Waals surface area contributed by atoms with Crippen LogP contribution in [0.3, 0.4) is 0 Å². The number of hydrogen-bond donors (Lipinski definition) is 2. The average molecular weight is 156 g/mol. The molecule has 0 aromatic rings. The molecule has 0 radical (unpaired) electrons. The van der Waals surface area contributed by atoms with Crippen LogP contribution in [0.4, 0.5) is 0 Å². The van der Waals surface area contributed by atoms with E-state index in [-0.39, 0.29) is 23.9 Å². The molecule has 0 unspecified atom stereocenters. The lowest BCUT2D eigenvalue weighted by atomic mass is 9.97. The van der Waals surface area contributed by atoms with Crippen molar-refractivity contribution in [3.05, 3.63) is 0 Å². The molecule has 0 aromatic heterocycles. The smallest absolute Gasteiger partial charge is 0.307 e. The van der Waals surface area contributed by atoms with E-state index in [0.29, 0.717) is 6.42 Å². The summed E-state index contributed by atoms with van der Waals surface area (Å²) in [4.78, 5) is 10.7. The van der Waals surface area contributed by atoms with E-state index < -0.39 is 5.97 Å². The van der Waals surface area contributed by atoms with E-state index in [1.165, 1.54) is 0 Å². The molecular weight excluding hydrogens is 144 g/mol. The third-order valence-corrected chi connectivity index (χ3v) is 3.16. The summed E-state index contributed by atoms with van der Waals surface area (Å²) in [6, 6.07) is 0. The molecule has 4 atom stereocenters. The van der Waals surface area contributed by atoms with Gasteiger partial charge in [0.2, 0.25) is 0 Å². The predicted octanol–water partition coefficient (Wildman–Crippen LogP) is 0.478. The Morgan fingerprint density at radius 3 is 2.36 bits per heavy atom. The molecule has 2 fully saturated rings. The molecule has 2 aliphatic rings. The lowest BCUT2D eigenvalue weighted by Gasteiger charge is -2.14. The van der Waals surface area contributed by atoms with Crippen LogP contribution in [0.25, 0.3) is 0 Å². The minimum Gasteiger partial charge on any atom is -0.481 e. The number of aliphatic hydroxyl groups excluding tert-OH is 1. The Morgan fingerprint density at radius 2 is 2.09 bits per heavy atom. The van der Waals surface area contributed by atoms with E-state index in [1.54, 1.807) is 0 Å². The lowest BCUT2D eigenvalue weighted by molar-refractivity contribution is -0.143. The first-order valence-electron chi connectivity index (χ1n) is 4.11. The molecule has 2 saturated carbocycles. The van der Waals surface area contributed by atoms with Crippen LogP contribution < -0.4 is 0 Å². The largest absolute Gasteiger partial charge is 0.481 e. The Kier molecular flexibility index (Phi) is 1.42. The molecule has 0 heterocycles. The predicted molar refractivity (Wildman–Crippen MR) is 38.0 cm³/mol. The molecule has 0 aliphatic heterocycles. The Morgan fingerprint density at radius 1 is 1.36 bits per heavy atom. The van der Waals surface area contributed by atoms with E-state index in [0.717, 1.165) is 12.8 Å². The van der Waals surface area contributed by atoms with Crippen molar-refractivity contribution >= 4 is 5.97 Å². The summed E-state index contributed by atoms with van der Waals surface area (Å²) >= 11 is 0. The van der Waals surface area contributed by atoms with Gasteiger partial charge in [0.25, 0.3) is 0 Å². The molecule has 2 aliphatic carbocycles. The van der Waals surface area contributed by atoms with Crippen molar-refractivity contribution in [3.8, 4) is 0 Å². The zero-order valence-electron chi connectivity index (χ0n) is 6.23. The number of rotatable bonds is 1. The molecule has 0 amide bonds. The van der Waals surface area contributed by atoms with Gasteiger partial charge in [0.15, 0.2) is 0 Å². The van der Waals surface area contributed by atoms with Crippen LogP contribution in [0, 0.1) is 17.8 Å². The Labute approximate surface area is 65.0 Å². The van der Waals surface area contributed by atoms with Gasteiger partial charge in [-0.25, -0.2) is 0 Å². The standard InChI is InChI=1S/C8H12O3/c9-6-3-4-1-2-5(6)7(4)8(10)11/h4-7,9H,1-3H2,(H,10,11)/t4-,5+,6-,7+/m0/s1. The van der Waals surface area contributed by atoms with Crippen molar-refractivity contribution in [1.29, 1.82) is 0 Å². The van der Waals surface area contributed by atoms with Gasteiger partial charge in [0.1, 0.15) is 0 Å². The highest BCUT2D eigenvalue weighted by molar-refractivity contribution is 5.71. The molecule has 2 N–H and O–H groups in total. The second kappa shape index (κ2) is 2.21. The van der Waals surface area contributed by atoms with Crippen LogP contribution in [0.2, 0.25) is 0 Å². The maximum absolute atomic E-state index is 10.7. The molecule has 62 valence electrons. The first-order valence-corrected chi connectivity index (χ1v) is 4.11. The zero-order valence-corrected chi connectivity index (χ0v) is 6.23. The summed E-state index contributed by atoms with van der Waals surface area (Å²) in [5.41, 5.74) is 0.